The second-order valence-corrected chi connectivity index (χ2v) is 8.86. The Hall–Kier alpha value is -0.730. The summed E-state index contributed by atoms with van der Waals surface area (Å²) in [4.78, 5) is 11.8. The maximum absolute atomic E-state index is 6.61. The summed E-state index contributed by atoms with van der Waals surface area (Å²) < 4.78 is 0. The van der Waals surface area contributed by atoms with Crippen molar-refractivity contribution in [1.29, 1.82) is 0 Å². The molecule has 1 aromatic rings. The lowest BCUT2D eigenvalue weighted by Crippen LogP contribution is -2.45. The number of nitrogens with zero attached hydrogens (tertiary/aromatic N) is 4. The number of likely N-dealkylation sites (N-methyl/N-ethyl adjacent to an activating group) is 1. The van der Waals surface area contributed by atoms with Crippen LogP contribution in [0.5, 0.6) is 0 Å². The van der Waals surface area contributed by atoms with Crippen molar-refractivity contribution >= 4 is 47.2 Å². The zero-order chi connectivity index (χ0) is 18.9. The number of aliphatic imine (C=N–C) groups is 1. The molecular formula is C21H33ClIN5. The third-order valence-electron chi connectivity index (χ3n) is 6.73. The van der Waals surface area contributed by atoms with Crippen LogP contribution in [0.1, 0.15) is 31.2 Å². The first kappa shape index (κ1) is 22.0. The molecule has 0 atom stereocenters. The van der Waals surface area contributed by atoms with Gasteiger partial charge in [0.05, 0.1) is 0 Å². The summed E-state index contributed by atoms with van der Waals surface area (Å²) in [6.45, 7) is 7.28. The van der Waals surface area contributed by atoms with Gasteiger partial charge in [-0.1, -0.05) is 24.1 Å². The third kappa shape index (κ3) is 4.54. The van der Waals surface area contributed by atoms with Crippen LogP contribution in [0.25, 0.3) is 0 Å². The standard InChI is InChI=1S/C21H32ClN5.HI/c1-23-20(27-10-9-21(16-27)7-4-8-21)24-15-17-18(22)5-3-6-19(17)26-13-11-25(2)12-14-26;/h3,5-6H,4,7-16H2,1-2H3,(H,23,24);1H. The molecule has 0 radical (unpaired) electrons. The van der Waals surface area contributed by atoms with Gasteiger partial charge in [0, 0.05) is 69.1 Å². The number of hydrogen-bond donors (Lipinski definition) is 1. The molecular weight excluding hydrogens is 485 g/mol. The van der Waals surface area contributed by atoms with Crippen molar-refractivity contribution in [2.24, 2.45) is 10.4 Å². The van der Waals surface area contributed by atoms with Crippen LogP contribution in [0, 0.1) is 5.41 Å². The summed E-state index contributed by atoms with van der Waals surface area (Å²) in [5.74, 6) is 1.02. The van der Waals surface area contributed by atoms with E-state index in [9.17, 15) is 0 Å². The molecule has 1 spiro atoms. The van der Waals surface area contributed by atoms with E-state index in [2.05, 4.69) is 44.2 Å². The van der Waals surface area contributed by atoms with Crippen LogP contribution < -0.4 is 10.2 Å². The molecule has 1 aliphatic carbocycles. The Balaban J connectivity index is 0.00000225. The van der Waals surface area contributed by atoms with Gasteiger partial charge in [-0.3, -0.25) is 4.99 Å². The summed E-state index contributed by atoms with van der Waals surface area (Å²) in [7, 11) is 4.08. The summed E-state index contributed by atoms with van der Waals surface area (Å²) >= 11 is 6.61. The van der Waals surface area contributed by atoms with Gasteiger partial charge in [0.25, 0.3) is 0 Å². The van der Waals surface area contributed by atoms with E-state index in [4.69, 9.17) is 11.6 Å². The van der Waals surface area contributed by atoms with Crippen molar-refractivity contribution in [3.63, 3.8) is 0 Å². The SMILES string of the molecule is CN=C(NCc1c(Cl)cccc1N1CCN(C)CC1)N1CCC2(CCC2)C1.I. The van der Waals surface area contributed by atoms with Gasteiger partial charge >= 0.3 is 0 Å². The number of likely N-dealkylation sites (tertiary alicyclic amines) is 1. The van der Waals surface area contributed by atoms with Crippen LogP contribution in [0.4, 0.5) is 5.69 Å². The molecule has 2 aliphatic heterocycles. The molecule has 5 nitrogen and oxygen atoms in total. The fourth-order valence-electron chi connectivity index (χ4n) is 4.77. The molecule has 156 valence electrons. The molecule has 2 heterocycles. The molecule has 1 saturated carbocycles. The van der Waals surface area contributed by atoms with Gasteiger partial charge in [0.2, 0.25) is 0 Å². The minimum Gasteiger partial charge on any atom is -0.369 e. The zero-order valence-electron chi connectivity index (χ0n) is 17.1. The van der Waals surface area contributed by atoms with E-state index in [0.717, 1.165) is 56.8 Å². The number of rotatable bonds is 3. The number of hydrogen-bond acceptors (Lipinski definition) is 3. The third-order valence-corrected chi connectivity index (χ3v) is 7.08. The maximum atomic E-state index is 6.61. The molecule has 1 aromatic carbocycles. The quantitative estimate of drug-likeness (QED) is 0.377. The first-order chi connectivity index (χ1) is 13.1. The zero-order valence-corrected chi connectivity index (χ0v) is 20.2. The lowest BCUT2D eigenvalue weighted by Gasteiger charge is -2.38. The van der Waals surface area contributed by atoms with Gasteiger partial charge in [-0.25, -0.2) is 0 Å². The highest BCUT2D eigenvalue weighted by molar-refractivity contribution is 14.0. The number of anilines is 1. The highest BCUT2D eigenvalue weighted by Crippen LogP contribution is 2.47. The number of halogens is 2. The first-order valence-corrected chi connectivity index (χ1v) is 10.6. The molecule has 1 N–H and O–H groups in total. The minimum absolute atomic E-state index is 0. The largest absolute Gasteiger partial charge is 0.369 e. The summed E-state index contributed by atoms with van der Waals surface area (Å²) in [5.41, 5.74) is 3.02. The molecule has 7 heteroatoms. The molecule has 3 aliphatic rings. The predicted octanol–water partition coefficient (Wildman–Crippen LogP) is 3.66. The highest BCUT2D eigenvalue weighted by Gasteiger charge is 2.43. The van der Waals surface area contributed by atoms with Crippen LogP contribution in [0.15, 0.2) is 23.2 Å². The Labute approximate surface area is 191 Å². The average Bonchev–Trinajstić information content (AvgIpc) is 3.10. The lowest BCUT2D eigenvalue weighted by atomic mass is 9.68. The molecule has 28 heavy (non-hydrogen) atoms. The van der Waals surface area contributed by atoms with Crippen LogP contribution in [0.3, 0.4) is 0 Å². The monoisotopic (exact) mass is 517 g/mol. The first-order valence-electron chi connectivity index (χ1n) is 10.3. The Morgan fingerprint density at radius 2 is 1.89 bits per heavy atom. The van der Waals surface area contributed by atoms with Crippen LogP contribution in [-0.4, -0.2) is 69.1 Å². The molecule has 3 fully saturated rings. The fourth-order valence-corrected chi connectivity index (χ4v) is 5.00. The summed E-state index contributed by atoms with van der Waals surface area (Å²) in [6.07, 6.45) is 5.48. The topological polar surface area (TPSA) is 34.1 Å². The van der Waals surface area contributed by atoms with E-state index >= 15 is 0 Å². The van der Waals surface area contributed by atoms with Crippen molar-refractivity contribution in [2.45, 2.75) is 32.2 Å². The van der Waals surface area contributed by atoms with Gasteiger partial charge in [-0.05, 0) is 43.9 Å². The van der Waals surface area contributed by atoms with Crippen LogP contribution in [0.2, 0.25) is 5.02 Å². The molecule has 0 amide bonds. The van der Waals surface area contributed by atoms with Crippen molar-refractivity contribution in [3.8, 4) is 0 Å². The van der Waals surface area contributed by atoms with E-state index < -0.39 is 0 Å². The Morgan fingerprint density at radius 3 is 2.50 bits per heavy atom. The van der Waals surface area contributed by atoms with E-state index in [1.54, 1.807) is 0 Å². The molecule has 2 saturated heterocycles. The van der Waals surface area contributed by atoms with Gasteiger partial charge in [-0.15, -0.1) is 24.0 Å². The second-order valence-electron chi connectivity index (χ2n) is 8.45. The second kappa shape index (κ2) is 9.39. The van der Waals surface area contributed by atoms with E-state index in [0.29, 0.717) is 5.41 Å². The molecule has 0 aromatic heterocycles. The van der Waals surface area contributed by atoms with E-state index in [-0.39, 0.29) is 24.0 Å². The van der Waals surface area contributed by atoms with Crippen molar-refractivity contribution in [3.05, 3.63) is 28.8 Å². The van der Waals surface area contributed by atoms with Crippen molar-refractivity contribution in [1.82, 2.24) is 15.1 Å². The smallest absolute Gasteiger partial charge is 0.193 e. The van der Waals surface area contributed by atoms with Crippen LogP contribution in [-0.2, 0) is 6.54 Å². The van der Waals surface area contributed by atoms with E-state index in [1.807, 2.05) is 13.1 Å². The summed E-state index contributed by atoms with van der Waals surface area (Å²) in [6, 6.07) is 6.27. The maximum Gasteiger partial charge on any atom is 0.193 e. The number of nitrogens with one attached hydrogen (secondary N) is 1. The fraction of sp³-hybridized carbons (Fsp3) is 0.667. The average molecular weight is 518 g/mol. The molecule has 0 bridgehead atoms. The molecule has 4 rings (SSSR count). The van der Waals surface area contributed by atoms with Gasteiger partial charge in [0.15, 0.2) is 5.96 Å². The predicted molar refractivity (Wildman–Crippen MR) is 129 cm³/mol. The normalized spacial score (nSPS) is 22.2. The number of guanidine groups is 1. The lowest BCUT2D eigenvalue weighted by molar-refractivity contribution is 0.151. The highest BCUT2D eigenvalue weighted by atomic mass is 127. The van der Waals surface area contributed by atoms with Gasteiger partial charge in [0.1, 0.15) is 0 Å². The Kier molecular flexibility index (Phi) is 7.37. The van der Waals surface area contributed by atoms with Crippen LogP contribution >= 0.6 is 35.6 Å². The van der Waals surface area contributed by atoms with E-state index in [1.165, 1.54) is 36.9 Å². The summed E-state index contributed by atoms with van der Waals surface area (Å²) in [5, 5.41) is 4.44. The Morgan fingerprint density at radius 1 is 1.14 bits per heavy atom. The minimum atomic E-state index is 0. The van der Waals surface area contributed by atoms with Gasteiger partial charge < -0.3 is 20.0 Å². The van der Waals surface area contributed by atoms with Crippen molar-refractivity contribution < 1.29 is 0 Å². The number of benzene rings is 1. The van der Waals surface area contributed by atoms with Gasteiger partial charge in [-0.2, -0.15) is 0 Å². The molecule has 0 unspecified atom stereocenters. The number of piperazine rings is 1. The Bertz CT molecular complexity index is 698. The van der Waals surface area contributed by atoms with Crippen molar-refractivity contribution in [2.75, 3.05) is 58.3 Å².